The van der Waals surface area contributed by atoms with Gasteiger partial charge in [0, 0.05) is 16.7 Å². The van der Waals surface area contributed by atoms with E-state index in [0.717, 1.165) is 16.7 Å². The van der Waals surface area contributed by atoms with Gasteiger partial charge in [0.2, 0.25) is 0 Å². The summed E-state index contributed by atoms with van der Waals surface area (Å²) in [6.45, 7) is 3.82. The van der Waals surface area contributed by atoms with Crippen LogP contribution in [-0.4, -0.2) is 42.2 Å². The zero-order chi connectivity index (χ0) is 22.9. The Kier molecular flexibility index (Phi) is 6.26. The Morgan fingerprint density at radius 1 is 1.16 bits per heavy atom. The fourth-order valence-electron chi connectivity index (χ4n) is 3.63. The van der Waals surface area contributed by atoms with Crippen LogP contribution in [0.25, 0.3) is 11.3 Å². The summed E-state index contributed by atoms with van der Waals surface area (Å²) in [6.07, 6.45) is 0.450. The number of carbonyl (C=O) groups is 1. The van der Waals surface area contributed by atoms with Crippen molar-refractivity contribution in [3.05, 3.63) is 64.7 Å². The largest absolute Gasteiger partial charge is 0.484 e. The van der Waals surface area contributed by atoms with Gasteiger partial charge >= 0.3 is 0 Å². The van der Waals surface area contributed by atoms with Gasteiger partial charge in [0.25, 0.3) is 5.91 Å². The molecule has 1 saturated heterocycles. The quantitative estimate of drug-likeness (QED) is 0.579. The molecule has 1 aliphatic heterocycles. The van der Waals surface area contributed by atoms with Crippen LogP contribution in [0.4, 0.5) is 5.82 Å². The predicted octanol–water partition coefficient (Wildman–Crippen LogP) is 4.20. The topological polar surface area (TPSA) is 90.3 Å². The second kappa shape index (κ2) is 8.96. The molecule has 1 N–H and O–H groups in total. The molecule has 0 spiro atoms. The molecule has 1 unspecified atom stereocenters. The van der Waals surface area contributed by atoms with Crippen molar-refractivity contribution >= 4 is 33.2 Å². The number of sulfone groups is 1. The van der Waals surface area contributed by atoms with Crippen molar-refractivity contribution in [2.75, 3.05) is 23.4 Å². The number of anilines is 1. The van der Waals surface area contributed by atoms with Crippen LogP contribution in [-0.2, 0) is 14.6 Å². The maximum absolute atomic E-state index is 12.6. The van der Waals surface area contributed by atoms with Crippen LogP contribution in [0.2, 0.25) is 5.02 Å². The molecule has 0 aliphatic carbocycles. The maximum Gasteiger partial charge on any atom is 0.263 e. The first-order valence-corrected chi connectivity index (χ1v) is 12.5. The Bertz CT molecular complexity index is 1250. The summed E-state index contributed by atoms with van der Waals surface area (Å²) < 4.78 is 31.2. The van der Waals surface area contributed by atoms with Gasteiger partial charge in [-0.3, -0.25) is 4.79 Å². The lowest BCUT2D eigenvalue weighted by atomic mass is 10.1. The number of rotatable bonds is 6. The number of nitrogens with one attached hydrogen (secondary N) is 1. The molecule has 32 heavy (non-hydrogen) atoms. The third-order valence-electron chi connectivity index (χ3n) is 5.55. The van der Waals surface area contributed by atoms with E-state index in [1.165, 1.54) is 0 Å². The number of nitrogens with zero attached hydrogens (tertiary/aromatic N) is 2. The third kappa shape index (κ3) is 5.14. The minimum Gasteiger partial charge on any atom is -0.484 e. The summed E-state index contributed by atoms with van der Waals surface area (Å²) in [7, 11) is -3.12. The molecule has 9 heteroatoms. The average Bonchev–Trinajstić information content (AvgIpc) is 3.32. The molecule has 0 bridgehead atoms. The van der Waals surface area contributed by atoms with E-state index in [1.807, 2.05) is 44.2 Å². The van der Waals surface area contributed by atoms with Gasteiger partial charge in [-0.05, 0) is 55.7 Å². The smallest absolute Gasteiger partial charge is 0.263 e. The van der Waals surface area contributed by atoms with E-state index in [2.05, 4.69) is 10.4 Å². The summed E-state index contributed by atoms with van der Waals surface area (Å²) in [5.41, 5.74) is 3.66. The van der Waals surface area contributed by atoms with Gasteiger partial charge in [0.1, 0.15) is 11.6 Å². The van der Waals surface area contributed by atoms with Crippen LogP contribution in [0.5, 0.6) is 5.75 Å². The first kappa shape index (κ1) is 22.4. The molecule has 1 fully saturated rings. The van der Waals surface area contributed by atoms with Gasteiger partial charge in [0.05, 0.1) is 23.2 Å². The number of carbonyl (C=O) groups excluding carboxylic acids is 1. The molecular formula is C23H24ClN3O4S. The highest BCUT2D eigenvalue weighted by atomic mass is 35.5. The number of ether oxygens (including phenoxy) is 1. The zero-order valence-electron chi connectivity index (χ0n) is 17.8. The zero-order valence-corrected chi connectivity index (χ0v) is 19.4. The minimum absolute atomic E-state index is 0.00322. The molecular weight excluding hydrogens is 450 g/mol. The Hall–Kier alpha value is -2.84. The Morgan fingerprint density at radius 3 is 2.56 bits per heavy atom. The van der Waals surface area contributed by atoms with Crippen LogP contribution >= 0.6 is 11.6 Å². The van der Waals surface area contributed by atoms with Crippen LogP contribution < -0.4 is 10.1 Å². The highest BCUT2D eigenvalue weighted by molar-refractivity contribution is 7.91. The molecule has 0 radical (unpaired) electrons. The summed E-state index contributed by atoms with van der Waals surface area (Å²) >= 11 is 5.98. The van der Waals surface area contributed by atoms with E-state index in [1.54, 1.807) is 22.9 Å². The van der Waals surface area contributed by atoms with E-state index in [-0.39, 0.29) is 30.1 Å². The summed E-state index contributed by atoms with van der Waals surface area (Å²) in [5.74, 6) is 0.799. The van der Waals surface area contributed by atoms with E-state index >= 15 is 0 Å². The second-order valence-electron chi connectivity index (χ2n) is 8.01. The Labute approximate surface area is 192 Å². The van der Waals surface area contributed by atoms with E-state index in [0.29, 0.717) is 28.7 Å². The van der Waals surface area contributed by atoms with Crippen LogP contribution in [0.15, 0.2) is 48.5 Å². The van der Waals surface area contributed by atoms with Gasteiger partial charge in [-0.15, -0.1) is 0 Å². The maximum atomic E-state index is 12.6. The minimum atomic E-state index is -3.12. The van der Waals surface area contributed by atoms with Crippen molar-refractivity contribution in [1.29, 1.82) is 0 Å². The monoisotopic (exact) mass is 473 g/mol. The van der Waals surface area contributed by atoms with Gasteiger partial charge in [-0.25, -0.2) is 13.1 Å². The number of hydrogen-bond donors (Lipinski definition) is 1. The molecule has 1 aliphatic rings. The standard InChI is InChI=1S/C23H24ClN3O4S/c1-15-3-8-20(11-16(15)2)31-13-23(28)25-22-12-21(17-4-6-18(24)7-5-17)26-27(22)19-9-10-32(29,30)14-19/h3-8,11-12,19H,9-10,13-14H2,1-2H3,(H,25,28). The van der Waals surface area contributed by atoms with Crippen molar-refractivity contribution in [2.24, 2.45) is 0 Å². The van der Waals surface area contributed by atoms with Crippen molar-refractivity contribution in [3.63, 3.8) is 0 Å². The summed E-state index contributed by atoms with van der Waals surface area (Å²) in [6, 6.07) is 14.2. The first-order valence-electron chi connectivity index (χ1n) is 10.3. The van der Waals surface area contributed by atoms with Crippen LogP contribution in [0.3, 0.4) is 0 Å². The normalized spacial score (nSPS) is 17.3. The fraction of sp³-hybridized carbons (Fsp3) is 0.304. The molecule has 4 rings (SSSR count). The molecule has 1 aromatic heterocycles. The number of amides is 1. The fourth-order valence-corrected chi connectivity index (χ4v) is 5.45. The molecule has 1 atom stereocenters. The number of aryl methyl sites for hydroxylation is 2. The first-order chi connectivity index (χ1) is 15.2. The van der Waals surface area contributed by atoms with Crippen molar-refractivity contribution < 1.29 is 17.9 Å². The van der Waals surface area contributed by atoms with E-state index in [9.17, 15) is 13.2 Å². The molecule has 3 aromatic rings. The summed E-state index contributed by atoms with van der Waals surface area (Å²) in [4.78, 5) is 12.6. The lowest BCUT2D eigenvalue weighted by Crippen LogP contribution is -2.23. The Morgan fingerprint density at radius 2 is 1.91 bits per heavy atom. The SMILES string of the molecule is Cc1ccc(OCC(=O)Nc2cc(-c3ccc(Cl)cc3)nn2C2CCS(=O)(=O)C2)cc1C. The highest BCUT2D eigenvalue weighted by Gasteiger charge is 2.31. The number of benzene rings is 2. The average molecular weight is 474 g/mol. The number of halogens is 1. The van der Waals surface area contributed by atoms with Gasteiger partial charge in [0.15, 0.2) is 16.4 Å². The second-order valence-corrected chi connectivity index (χ2v) is 10.7. The van der Waals surface area contributed by atoms with Gasteiger partial charge < -0.3 is 10.1 Å². The van der Waals surface area contributed by atoms with Gasteiger partial charge in [-0.2, -0.15) is 5.10 Å². The van der Waals surface area contributed by atoms with E-state index in [4.69, 9.17) is 16.3 Å². The molecule has 0 saturated carbocycles. The lowest BCUT2D eigenvalue weighted by molar-refractivity contribution is -0.118. The van der Waals surface area contributed by atoms with Crippen LogP contribution in [0.1, 0.15) is 23.6 Å². The Balaban J connectivity index is 1.54. The summed E-state index contributed by atoms with van der Waals surface area (Å²) in [5, 5.41) is 8.04. The molecule has 1 amide bonds. The van der Waals surface area contributed by atoms with E-state index < -0.39 is 9.84 Å². The lowest BCUT2D eigenvalue weighted by Gasteiger charge is -2.14. The number of aromatic nitrogens is 2. The van der Waals surface area contributed by atoms with Crippen molar-refractivity contribution in [2.45, 2.75) is 26.3 Å². The molecule has 168 valence electrons. The third-order valence-corrected chi connectivity index (χ3v) is 7.55. The predicted molar refractivity (Wildman–Crippen MR) is 125 cm³/mol. The number of hydrogen-bond acceptors (Lipinski definition) is 5. The molecule has 7 nitrogen and oxygen atoms in total. The molecule has 2 aromatic carbocycles. The highest BCUT2D eigenvalue weighted by Crippen LogP contribution is 2.30. The van der Waals surface area contributed by atoms with Crippen LogP contribution in [0, 0.1) is 13.8 Å². The molecule has 2 heterocycles. The van der Waals surface area contributed by atoms with Gasteiger partial charge in [-0.1, -0.05) is 29.8 Å². The van der Waals surface area contributed by atoms with Crippen molar-refractivity contribution in [3.8, 4) is 17.0 Å². The van der Waals surface area contributed by atoms with Crippen molar-refractivity contribution in [1.82, 2.24) is 9.78 Å².